The molecule has 30 heavy (non-hydrogen) atoms. The van der Waals surface area contributed by atoms with Crippen molar-refractivity contribution in [3.8, 4) is 0 Å². The molecule has 0 aliphatic heterocycles. The third-order valence-electron chi connectivity index (χ3n) is 4.11. The summed E-state index contributed by atoms with van der Waals surface area (Å²) in [5, 5.41) is 11.0. The fourth-order valence-electron chi connectivity index (χ4n) is 2.77. The smallest absolute Gasteiger partial charge is 0.278 e. The van der Waals surface area contributed by atoms with Crippen LogP contribution in [-0.4, -0.2) is 21.5 Å². The summed E-state index contributed by atoms with van der Waals surface area (Å²) in [7, 11) is 0. The minimum atomic E-state index is -4.95. The van der Waals surface area contributed by atoms with Crippen LogP contribution < -0.4 is 5.43 Å². The first-order valence-corrected chi connectivity index (χ1v) is 8.22. The van der Waals surface area contributed by atoms with Crippen LogP contribution in [0.1, 0.15) is 16.8 Å². The van der Waals surface area contributed by atoms with E-state index in [1.54, 1.807) is 18.2 Å². The van der Waals surface area contributed by atoms with Crippen LogP contribution in [0.15, 0.2) is 52.2 Å². The molecule has 0 aliphatic carbocycles. The van der Waals surface area contributed by atoms with Gasteiger partial charge in [-0.3, -0.25) is 5.43 Å². The molecule has 0 spiro atoms. The van der Waals surface area contributed by atoms with Gasteiger partial charge in [0, 0.05) is 5.39 Å². The lowest BCUT2D eigenvalue weighted by molar-refractivity contribution is -0.142. The lowest BCUT2D eigenvalue weighted by Gasteiger charge is -2.15. The van der Waals surface area contributed by atoms with E-state index in [1.165, 1.54) is 12.3 Å². The Morgan fingerprint density at radius 2 is 1.67 bits per heavy atom. The Labute approximate surface area is 163 Å². The highest BCUT2D eigenvalue weighted by atomic mass is 19.4. The fourth-order valence-corrected chi connectivity index (χ4v) is 2.77. The molecule has 154 valence electrons. The minimum absolute atomic E-state index is 0.161. The molecular weight excluding hydrogens is 416 g/mol. The third kappa shape index (κ3) is 3.75. The molecule has 2 heterocycles. The molecular formula is C18H9F6N5O. The van der Waals surface area contributed by atoms with E-state index in [-0.39, 0.29) is 11.1 Å². The van der Waals surface area contributed by atoms with Crippen molar-refractivity contribution < 1.29 is 31.0 Å². The van der Waals surface area contributed by atoms with E-state index in [4.69, 9.17) is 0 Å². The molecule has 0 saturated carbocycles. The highest BCUT2D eigenvalue weighted by Crippen LogP contribution is 2.39. The molecule has 6 nitrogen and oxygen atoms in total. The van der Waals surface area contributed by atoms with Crippen molar-refractivity contribution in [2.45, 2.75) is 12.4 Å². The highest BCUT2D eigenvalue weighted by molar-refractivity contribution is 5.94. The molecule has 0 atom stereocenters. The molecule has 4 aromatic rings. The van der Waals surface area contributed by atoms with Crippen molar-refractivity contribution in [3.05, 3.63) is 59.3 Å². The van der Waals surface area contributed by atoms with E-state index in [0.717, 1.165) is 6.07 Å². The molecule has 0 saturated heterocycles. The van der Waals surface area contributed by atoms with Crippen LogP contribution in [0.5, 0.6) is 0 Å². The molecule has 2 aromatic heterocycles. The molecule has 0 aliphatic rings. The predicted molar refractivity (Wildman–Crippen MR) is 94.8 cm³/mol. The summed E-state index contributed by atoms with van der Waals surface area (Å²) in [6.45, 7) is 0. The van der Waals surface area contributed by atoms with Crippen LogP contribution in [0.25, 0.3) is 21.9 Å². The number of aromatic nitrogens is 3. The topological polar surface area (TPSA) is 76.2 Å². The number of fused-ring (bicyclic) bond motifs is 2. The summed E-state index contributed by atoms with van der Waals surface area (Å²) in [5.74, 6) is 0. The highest BCUT2D eigenvalue weighted by Gasteiger charge is 2.37. The van der Waals surface area contributed by atoms with E-state index in [1.807, 2.05) is 0 Å². The number of nitrogens with one attached hydrogen (secondary N) is 1. The number of nitrogens with zero attached hydrogens (tertiary/aromatic N) is 4. The van der Waals surface area contributed by atoms with Crippen molar-refractivity contribution in [1.82, 2.24) is 15.3 Å². The lowest BCUT2D eigenvalue weighted by atomic mass is 10.1. The van der Waals surface area contributed by atoms with Gasteiger partial charge in [0.15, 0.2) is 0 Å². The average Bonchev–Trinajstić information content (AvgIpc) is 3.13. The van der Waals surface area contributed by atoms with Crippen LogP contribution in [0, 0.1) is 0 Å². The Hall–Kier alpha value is -3.70. The molecule has 1 N–H and O–H groups in total. The number of benzene rings is 2. The van der Waals surface area contributed by atoms with Gasteiger partial charge in [0.05, 0.1) is 23.0 Å². The van der Waals surface area contributed by atoms with Gasteiger partial charge in [0.25, 0.3) is 0 Å². The lowest BCUT2D eigenvalue weighted by Crippen LogP contribution is -2.12. The van der Waals surface area contributed by atoms with Gasteiger partial charge >= 0.3 is 12.4 Å². The van der Waals surface area contributed by atoms with Crippen molar-refractivity contribution in [3.63, 3.8) is 0 Å². The van der Waals surface area contributed by atoms with Crippen LogP contribution in [0.3, 0.4) is 0 Å². The number of anilines is 1. The monoisotopic (exact) mass is 425 g/mol. The van der Waals surface area contributed by atoms with E-state index < -0.39 is 29.1 Å². The second kappa shape index (κ2) is 6.97. The third-order valence-corrected chi connectivity index (χ3v) is 4.11. The second-order valence-corrected chi connectivity index (χ2v) is 6.13. The van der Waals surface area contributed by atoms with Gasteiger partial charge in [-0.1, -0.05) is 18.2 Å². The molecule has 2 aromatic carbocycles. The SMILES string of the molecule is FC(F)(F)c1cc(N/N=C/c2ccc3nonc3c2)c2cccc(C(F)(F)F)c2n1. The molecule has 0 radical (unpaired) electrons. The average molecular weight is 425 g/mol. The standard InChI is InChI=1S/C18H9F6N5O/c19-17(20,21)11-3-1-2-10-13(7-15(18(22,23)24)26-16(10)11)27-25-8-9-4-5-12-14(6-9)29-30-28-12/h1-8H,(H,26,27)/b25-8+. The summed E-state index contributed by atoms with van der Waals surface area (Å²) in [6.07, 6.45) is -8.56. The zero-order chi connectivity index (χ0) is 21.5. The molecule has 0 bridgehead atoms. The zero-order valence-corrected chi connectivity index (χ0v) is 14.6. The predicted octanol–water partition coefficient (Wildman–Crippen LogP) is 5.25. The van der Waals surface area contributed by atoms with Crippen molar-refractivity contribution in [2.24, 2.45) is 5.10 Å². The number of alkyl halides is 6. The first kappa shape index (κ1) is 19.6. The summed E-state index contributed by atoms with van der Waals surface area (Å²) < 4.78 is 83.9. The van der Waals surface area contributed by atoms with Gasteiger partial charge in [0.1, 0.15) is 16.7 Å². The maximum absolute atomic E-state index is 13.3. The maximum Gasteiger partial charge on any atom is 0.433 e. The minimum Gasteiger partial charge on any atom is -0.278 e. The van der Waals surface area contributed by atoms with Gasteiger partial charge < -0.3 is 0 Å². The Morgan fingerprint density at radius 1 is 0.900 bits per heavy atom. The van der Waals surface area contributed by atoms with Gasteiger partial charge in [-0.15, -0.1) is 0 Å². The van der Waals surface area contributed by atoms with E-state index in [2.05, 4.69) is 30.5 Å². The first-order chi connectivity index (χ1) is 14.1. The Balaban J connectivity index is 1.76. The number of hydrazone groups is 1. The Morgan fingerprint density at radius 3 is 2.40 bits per heavy atom. The first-order valence-electron chi connectivity index (χ1n) is 8.22. The molecule has 0 unspecified atom stereocenters. The van der Waals surface area contributed by atoms with Crippen LogP contribution >= 0.6 is 0 Å². The van der Waals surface area contributed by atoms with Crippen molar-refractivity contribution >= 4 is 33.8 Å². The largest absolute Gasteiger partial charge is 0.433 e. The van der Waals surface area contributed by atoms with E-state index in [9.17, 15) is 26.3 Å². The molecule has 0 amide bonds. The summed E-state index contributed by atoms with van der Waals surface area (Å²) in [4.78, 5) is 3.21. The normalized spacial score (nSPS) is 12.9. The van der Waals surface area contributed by atoms with E-state index >= 15 is 0 Å². The quantitative estimate of drug-likeness (QED) is 0.276. The number of halogens is 6. The van der Waals surface area contributed by atoms with Crippen molar-refractivity contribution in [2.75, 3.05) is 5.43 Å². The molecule has 4 rings (SSSR count). The molecule has 0 fully saturated rings. The van der Waals surface area contributed by atoms with E-state index in [0.29, 0.717) is 28.7 Å². The maximum atomic E-state index is 13.3. The Kier molecular flexibility index (Phi) is 4.56. The van der Waals surface area contributed by atoms with Crippen LogP contribution in [0.2, 0.25) is 0 Å². The number of hydrogen-bond acceptors (Lipinski definition) is 6. The van der Waals surface area contributed by atoms with Crippen molar-refractivity contribution in [1.29, 1.82) is 0 Å². The van der Waals surface area contributed by atoms with Gasteiger partial charge in [-0.05, 0) is 40.1 Å². The summed E-state index contributed by atoms with van der Waals surface area (Å²) in [5.41, 5.74) is -0.0436. The summed E-state index contributed by atoms with van der Waals surface area (Å²) in [6, 6.07) is 8.33. The summed E-state index contributed by atoms with van der Waals surface area (Å²) >= 11 is 0. The molecule has 12 heteroatoms. The second-order valence-electron chi connectivity index (χ2n) is 6.13. The van der Waals surface area contributed by atoms with Crippen LogP contribution in [0.4, 0.5) is 32.0 Å². The van der Waals surface area contributed by atoms with Crippen LogP contribution in [-0.2, 0) is 12.4 Å². The van der Waals surface area contributed by atoms with Gasteiger partial charge in [0.2, 0.25) is 0 Å². The zero-order valence-electron chi connectivity index (χ0n) is 14.6. The Bertz CT molecular complexity index is 1260. The number of rotatable bonds is 3. The number of pyridine rings is 1. The number of para-hydroxylation sites is 1. The number of hydrogen-bond donors (Lipinski definition) is 1. The fraction of sp³-hybridized carbons (Fsp3) is 0.111. The van der Waals surface area contributed by atoms with Gasteiger partial charge in [-0.25, -0.2) is 9.61 Å². The van der Waals surface area contributed by atoms with Gasteiger partial charge in [-0.2, -0.15) is 31.4 Å².